The number of aliphatic hydroxyl groups excluding tert-OH is 1. The standard InChI is InChI=1S/C10H10BrFO3/c1-5-3-6(8(12)7(11)4-5)9(13)10(14)15-2/h3-4,9,13H,1-2H3. The zero-order valence-electron chi connectivity index (χ0n) is 8.25. The molecule has 0 spiro atoms. The highest BCUT2D eigenvalue weighted by molar-refractivity contribution is 9.10. The Bertz CT molecular complexity index is 392. The smallest absolute Gasteiger partial charge is 0.339 e. The first-order chi connectivity index (χ1) is 6.97. The molecule has 82 valence electrons. The topological polar surface area (TPSA) is 46.5 Å². The van der Waals surface area contributed by atoms with Crippen molar-refractivity contribution in [2.24, 2.45) is 0 Å². The molecule has 0 fully saturated rings. The van der Waals surface area contributed by atoms with E-state index < -0.39 is 17.9 Å². The first-order valence-corrected chi connectivity index (χ1v) is 4.98. The number of aryl methyl sites for hydroxylation is 1. The SMILES string of the molecule is COC(=O)C(O)c1cc(C)cc(Br)c1F. The molecular formula is C10H10BrFO3. The van der Waals surface area contributed by atoms with Gasteiger partial charge >= 0.3 is 5.97 Å². The summed E-state index contributed by atoms with van der Waals surface area (Å²) in [5.74, 6) is -1.54. The lowest BCUT2D eigenvalue weighted by Crippen LogP contribution is -2.15. The average Bonchev–Trinajstić information content (AvgIpc) is 2.21. The zero-order valence-corrected chi connectivity index (χ0v) is 9.84. The Morgan fingerprint density at radius 1 is 1.60 bits per heavy atom. The number of rotatable bonds is 2. The Morgan fingerprint density at radius 3 is 2.73 bits per heavy atom. The Hall–Kier alpha value is -0.940. The predicted molar refractivity (Wildman–Crippen MR) is 55.8 cm³/mol. The lowest BCUT2D eigenvalue weighted by atomic mass is 10.1. The van der Waals surface area contributed by atoms with E-state index >= 15 is 0 Å². The van der Waals surface area contributed by atoms with Gasteiger partial charge in [0.05, 0.1) is 11.6 Å². The van der Waals surface area contributed by atoms with Gasteiger partial charge in [0.1, 0.15) is 5.82 Å². The fourth-order valence-corrected chi connectivity index (χ4v) is 1.78. The quantitative estimate of drug-likeness (QED) is 0.842. The van der Waals surface area contributed by atoms with Crippen molar-refractivity contribution in [1.82, 2.24) is 0 Å². The van der Waals surface area contributed by atoms with Gasteiger partial charge in [0.15, 0.2) is 6.10 Å². The van der Waals surface area contributed by atoms with Gasteiger partial charge < -0.3 is 9.84 Å². The summed E-state index contributed by atoms with van der Waals surface area (Å²) in [5, 5.41) is 9.48. The second kappa shape index (κ2) is 4.72. The number of aliphatic hydroxyl groups is 1. The van der Waals surface area contributed by atoms with E-state index in [9.17, 15) is 14.3 Å². The summed E-state index contributed by atoms with van der Waals surface area (Å²) in [5.41, 5.74) is 0.648. The van der Waals surface area contributed by atoms with Crippen LogP contribution in [-0.4, -0.2) is 18.2 Å². The van der Waals surface area contributed by atoms with Crippen molar-refractivity contribution >= 4 is 21.9 Å². The molecule has 1 aromatic carbocycles. The molecule has 0 saturated heterocycles. The molecule has 1 aromatic rings. The van der Waals surface area contributed by atoms with Crippen molar-refractivity contribution in [3.05, 3.63) is 33.5 Å². The number of halogens is 2. The summed E-state index contributed by atoms with van der Waals surface area (Å²) in [4.78, 5) is 11.0. The molecule has 1 atom stereocenters. The van der Waals surface area contributed by atoms with Crippen LogP contribution < -0.4 is 0 Å². The first-order valence-electron chi connectivity index (χ1n) is 4.18. The number of hydrogen-bond acceptors (Lipinski definition) is 3. The van der Waals surface area contributed by atoms with E-state index in [4.69, 9.17) is 0 Å². The second-order valence-electron chi connectivity index (χ2n) is 3.08. The Balaban J connectivity index is 3.19. The molecule has 5 heteroatoms. The zero-order chi connectivity index (χ0) is 11.6. The maximum absolute atomic E-state index is 13.5. The fraction of sp³-hybridized carbons (Fsp3) is 0.300. The van der Waals surface area contributed by atoms with E-state index in [0.717, 1.165) is 12.7 Å². The summed E-state index contributed by atoms with van der Waals surface area (Å²) in [6.07, 6.45) is -1.59. The third-order valence-electron chi connectivity index (χ3n) is 1.92. The van der Waals surface area contributed by atoms with Gasteiger partial charge in [0.2, 0.25) is 0 Å². The highest BCUT2D eigenvalue weighted by Crippen LogP contribution is 2.26. The third-order valence-corrected chi connectivity index (χ3v) is 2.50. The van der Waals surface area contributed by atoms with Crippen molar-refractivity contribution in [2.45, 2.75) is 13.0 Å². The van der Waals surface area contributed by atoms with Crippen LogP contribution >= 0.6 is 15.9 Å². The molecule has 15 heavy (non-hydrogen) atoms. The minimum Gasteiger partial charge on any atom is -0.467 e. The average molecular weight is 277 g/mol. The minimum atomic E-state index is -1.59. The molecule has 1 N–H and O–H groups in total. The largest absolute Gasteiger partial charge is 0.467 e. The van der Waals surface area contributed by atoms with Gasteiger partial charge in [-0.15, -0.1) is 0 Å². The Labute approximate surface area is 95.0 Å². The normalized spacial score (nSPS) is 12.3. The third kappa shape index (κ3) is 2.54. The van der Waals surface area contributed by atoms with Crippen LogP contribution in [0, 0.1) is 12.7 Å². The van der Waals surface area contributed by atoms with Crippen molar-refractivity contribution in [1.29, 1.82) is 0 Å². The maximum atomic E-state index is 13.5. The maximum Gasteiger partial charge on any atom is 0.339 e. The van der Waals surface area contributed by atoms with Gasteiger partial charge in [-0.25, -0.2) is 9.18 Å². The molecule has 0 aliphatic rings. The molecular weight excluding hydrogens is 267 g/mol. The van der Waals surface area contributed by atoms with Gasteiger partial charge in [-0.3, -0.25) is 0 Å². The molecule has 0 aromatic heterocycles. The molecule has 1 unspecified atom stereocenters. The van der Waals surface area contributed by atoms with Gasteiger partial charge in [-0.1, -0.05) is 0 Å². The highest BCUT2D eigenvalue weighted by atomic mass is 79.9. The fourth-order valence-electron chi connectivity index (χ4n) is 1.19. The molecule has 1 rings (SSSR count). The van der Waals surface area contributed by atoms with E-state index in [-0.39, 0.29) is 10.0 Å². The summed E-state index contributed by atoms with van der Waals surface area (Å²) in [6, 6.07) is 2.96. The van der Waals surface area contributed by atoms with Gasteiger partial charge in [0, 0.05) is 5.56 Å². The van der Waals surface area contributed by atoms with Gasteiger partial charge in [-0.05, 0) is 40.5 Å². The van der Waals surface area contributed by atoms with E-state index in [1.165, 1.54) is 6.07 Å². The number of benzene rings is 1. The van der Waals surface area contributed by atoms with Crippen LogP contribution in [0.3, 0.4) is 0 Å². The van der Waals surface area contributed by atoms with Gasteiger partial charge in [-0.2, -0.15) is 0 Å². The summed E-state index contributed by atoms with van der Waals surface area (Å²) >= 11 is 3.00. The molecule has 0 aliphatic heterocycles. The monoisotopic (exact) mass is 276 g/mol. The molecule has 0 amide bonds. The van der Waals surface area contributed by atoms with E-state index in [1.54, 1.807) is 13.0 Å². The first kappa shape index (κ1) is 12.1. The molecule has 0 saturated carbocycles. The highest BCUT2D eigenvalue weighted by Gasteiger charge is 2.23. The molecule has 0 radical (unpaired) electrons. The minimum absolute atomic E-state index is 0.0891. The van der Waals surface area contributed by atoms with Crippen LogP contribution in [0.5, 0.6) is 0 Å². The van der Waals surface area contributed by atoms with Crippen LogP contribution in [0.25, 0.3) is 0 Å². The second-order valence-corrected chi connectivity index (χ2v) is 3.93. The molecule has 3 nitrogen and oxygen atoms in total. The van der Waals surface area contributed by atoms with Crippen LogP contribution in [-0.2, 0) is 9.53 Å². The van der Waals surface area contributed by atoms with E-state index in [0.29, 0.717) is 0 Å². The van der Waals surface area contributed by atoms with E-state index in [2.05, 4.69) is 20.7 Å². The lowest BCUT2D eigenvalue weighted by molar-refractivity contribution is -0.150. The number of hydrogen-bond donors (Lipinski definition) is 1. The van der Waals surface area contributed by atoms with Crippen molar-refractivity contribution in [3.8, 4) is 0 Å². The number of carbonyl (C=O) groups is 1. The van der Waals surface area contributed by atoms with Crippen LogP contribution in [0.15, 0.2) is 16.6 Å². The Kier molecular flexibility index (Phi) is 3.82. The Morgan fingerprint density at radius 2 is 2.20 bits per heavy atom. The van der Waals surface area contributed by atoms with Crippen molar-refractivity contribution in [2.75, 3.05) is 7.11 Å². The summed E-state index contributed by atoms with van der Waals surface area (Å²) in [6.45, 7) is 1.73. The number of esters is 1. The van der Waals surface area contributed by atoms with Crippen LogP contribution in [0.2, 0.25) is 0 Å². The van der Waals surface area contributed by atoms with E-state index in [1.807, 2.05) is 0 Å². The molecule has 0 heterocycles. The van der Waals surface area contributed by atoms with Crippen molar-refractivity contribution in [3.63, 3.8) is 0 Å². The predicted octanol–water partition coefficient (Wildman–Crippen LogP) is 2.10. The van der Waals surface area contributed by atoms with Crippen LogP contribution in [0.4, 0.5) is 4.39 Å². The summed E-state index contributed by atoms with van der Waals surface area (Å²) < 4.78 is 18.1. The summed E-state index contributed by atoms with van der Waals surface area (Å²) in [7, 11) is 1.13. The molecule has 0 bridgehead atoms. The number of ether oxygens (including phenoxy) is 1. The lowest BCUT2D eigenvalue weighted by Gasteiger charge is -2.11. The van der Waals surface area contributed by atoms with Crippen molar-refractivity contribution < 1.29 is 19.0 Å². The number of methoxy groups -OCH3 is 1. The van der Waals surface area contributed by atoms with Crippen LogP contribution in [0.1, 0.15) is 17.2 Å². The van der Waals surface area contributed by atoms with Gasteiger partial charge in [0.25, 0.3) is 0 Å². The number of carbonyl (C=O) groups excluding carboxylic acids is 1. The molecule has 0 aliphatic carbocycles.